The zero-order valence-corrected chi connectivity index (χ0v) is 15.1. The topological polar surface area (TPSA) is 75.7 Å². The van der Waals surface area contributed by atoms with Gasteiger partial charge in [-0.05, 0) is 38.8 Å². The van der Waals surface area contributed by atoms with Crippen LogP contribution in [0.1, 0.15) is 39.5 Å². The summed E-state index contributed by atoms with van der Waals surface area (Å²) in [5, 5.41) is 2.74. The van der Waals surface area contributed by atoms with Gasteiger partial charge in [-0.25, -0.2) is 12.7 Å². The molecule has 6 nitrogen and oxygen atoms in total. The van der Waals surface area contributed by atoms with Crippen molar-refractivity contribution < 1.29 is 17.9 Å². The molecule has 1 aliphatic heterocycles. The fourth-order valence-electron chi connectivity index (χ4n) is 2.63. The van der Waals surface area contributed by atoms with Crippen molar-refractivity contribution in [3.05, 3.63) is 24.3 Å². The number of anilines is 1. The van der Waals surface area contributed by atoms with Gasteiger partial charge in [0.25, 0.3) is 0 Å². The van der Waals surface area contributed by atoms with Crippen molar-refractivity contribution in [1.82, 2.24) is 4.31 Å². The standard InChI is InChI=1S/C17H26N2O4S/c1-14(2)23-16-9-5-4-8-15(16)18-17(20)10-13-24(21,22)19-11-6-3-7-12-19/h4-5,8-9,14H,3,6-7,10-13H2,1-2H3,(H,18,20). The number of piperidine rings is 1. The van der Waals surface area contributed by atoms with Gasteiger partial charge in [0.2, 0.25) is 15.9 Å². The summed E-state index contributed by atoms with van der Waals surface area (Å²) in [5.74, 6) is 0.0987. The second-order valence-electron chi connectivity index (χ2n) is 6.24. The molecule has 0 radical (unpaired) electrons. The van der Waals surface area contributed by atoms with E-state index in [1.54, 1.807) is 18.2 Å². The Labute approximate surface area is 144 Å². The summed E-state index contributed by atoms with van der Waals surface area (Å²) in [6, 6.07) is 7.15. The number of carbonyl (C=O) groups is 1. The first-order valence-electron chi connectivity index (χ1n) is 8.42. The highest BCUT2D eigenvalue weighted by Crippen LogP contribution is 2.25. The second kappa shape index (κ2) is 8.48. The Bertz CT molecular complexity index is 652. The van der Waals surface area contributed by atoms with E-state index >= 15 is 0 Å². The highest BCUT2D eigenvalue weighted by atomic mass is 32.2. The summed E-state index contributed by atoms with van der Waals surface area (Å²) in [4.78, 5) is 12.1. The van der Waals surface area contributed by atoms with Crippen molar-refractivity contribution in [2.75, 3.05) is 24.2 Å². The molecule has 1 saturated heterocycles. The van der Waals surface area contributed by atoms with E-state index in [9.17, 15) is 13.2 Å². The van der Waals surface area contributed by atoms with E-state index in [0.717, 1.165) is 19.3 Å². The number of benzene rings is 1. The number of ether oxygens (including phenoxy) is 1. The lowest BCUT2D eigenvalue weighted by Crippen LogP contribution is -2.37. The lowest BCUT2D eigenvalue weighted by Gasteiger charge is -2.25. The van der Waals surface area contributed by atoms with Crippen LogP contribution in [0.15, 0.2) is 24.3 Å². The van der Waals surface area contributed by atoms with Crippen molar-refractivity contribution in [2.24, 2.45) is 0 Å². The van der Waals surface area contributed by atoms with E-state index in [0.29, 0.717) is 24.5 Å². The number of para-hydroxylation sites is 2. The Morgan fingerprint density at radius 2 is 1.88 bits per heavy atom. The molecule has 0 aromatic heterocycles. The maximum absolute atomic E-state index is 12.3. The molecule has 0 saturated carbocycles. The Balaban J connectivity index is 1.91. The summed E-state index contributed by atoms with van der Waals surface area (Å²) in [5.41, 5.74) is 0.562. The molecule has 0 unspecified atom stereocenters. The number of sulfonamides is 1. The van der Waals surface area contributed by atoms with Gasteiger partial charge in [-0.2, -0.15) is 0 Å². The molecule has 0 spiro atoms. The van der Waals surface area contributed by atoms with E-state index in [1.807, 2.05) is 19.9 Å². The Morgan fingerprint density at radius 3 is 2.54 bits per heavy atom. The fourth-order valence-corrected chi connectivity index (χ4v) is 4.15. The van der Waals surface area contributed by atoms with Gasteiger partial charge in [0.05, 0.1) is 17.5 Å². The SMILES string of the molecule is CC(C)Oc1ccccc1NC(=O)CCS(=O)(=O)N1CCCCC1. The maximum atomic E-state index is 12.3. The zero-order chi connectivity index (χ0) is 17.6. The van der Waals surface area contributed by atoms with Gasteiger partial charge in [-0.1, -0.05) is 18.6 Å². The van der Waals surface area contributed by atoms with Crippen LogP contribution in [0.3, 0.4) is 0 Å². The smallest absolute Gasteiger partial charge is 0.225 e. The van der Waals surface area contributed by atoms with Crippen LogP contribution in [-0.4, -0.2) is 43.6 Å². The average Bonchev–Trinajstić information content (AvgIpc) is 2.55. The van der Waals surface area contributed by atoms with Crippen LogP contribution >= 0.6 is 0 Å². The number of hydrogen-bond donors (Lipinski definition) is 1. The molecular weight excluding hydrogens is 328 g/mol. The van der Waals surface area contributed by atoms with Crippen molar-refractivity contribution in [3.63, 3.8) is 0 Å². The number of nitrogens with zero attached hydrogens (tertiary/aromatic N) is 1. The van der Waals surface area contributed by atoms with Gasteiger partial charge in [-0.15, -0.1) is 0 Å². The van der Waals surface area contributed by atoms with Crippen LogP contribution in [0.4, 0.5) is 5.69 Å². The van der Waals surface area contributed by atoms with E-state index in [2.05, 4.69) is 5.32 Å². The van der Waals surface area contributed by atoms with Crippen molar-refractivity contribution in [1.29, 1.82) is 0 Å². The summed E-state index contributed by atoms with van der Waals surface area (Å²) >= 11 is 0. The van der Waals surface area contributed by atoms with Gasteiger partial charge in [0, 0.05) is 19.5 Å². The largest absolute Gasteiger partial charge is 0.489 e. The molecule has 134 valence electrons. The third kappa shape index (κ3) is 5.49. The lowest BCUT2D eigenvalue weighted by molar-refractivity contribution is -0.115. The normalized spacial score (nSPS) is 16.1. The molecule has 1 heterocycles. The highest BCUT2D eigenvalue weighted by Gasteiger charge is 2.24. The van der Waals surface area contributed by atoms with Crippen LogP contribution in [0, 0.1) is 0 Å². The monoisotopic (exact) mass is 354 g/mol. The molecule has 0 aliphatic carbocycles. The first-order chi connectivity index (χ1) is 11.4. The zero-order valence-electron chi connectivity index (χ0n) is 14.3. The molecule has 2 rings (SSSR count). The predicted octanol–water partition coefficient (Wildman–Crippen LogP) is 2.62. The Morgan fingerprint density at radius 1 is 1.21 bits per heavy atom. The Kier molecular flexibility index (Phi) is 6.62. The van der Waals surface area contributed by atoms with Crippen molar-refractivity contribution >= 4 is 21.6 Å². The predicted molar refractivity (Wildman–Crippen MR) is 94.7 cm³/mol. The average molecular weight is 354 g/mol. The van der Waals surface area contributed by atoms with Gasteiger partial charge in [0.15, 0.2) is 0 Å². The minimum Gasteiger partial charge on any atom is -0.489 e. The molecular formula is C17H26N2O4S. The van der Waals surface area contributed by atoms with Crippen molar-refractivity contribution in [2.45, 2.75) is 45.6 Å². The molecule has 1 aliphatic rings. The van der Waals surface area contributed by atoms with Gasteiger partial charge >= 0.3 is 0 Å². The summed E-state index contributed by atoms with van der Waals surface area (Å²) < 4.78 is 31.7. The van der Waals surface area contributed by atoms with Gasteiger partial charge in [-0.3, -0.25) is 4.79 Å². The first-order valence-corrected chi connectivity index (χ1v) is 10.0. The van der Waals surface area contributed by atoms with E-state index in [-0.39, 0.29) is 24.2 Å². The number of amides is 1. The highest BCUT2D eigenvalue weighted by molar-refractivity contribution is 7.89. The Hall–Kier alpha value is -1.60. The number of carbonyl (C=O) groups excluding carboxylic acids is 1. The number of nitrogens with one attached hydrogen (secondary N) is 1. The van der Waals surface area contributed by atoms with Crippen LogP contribution < -0.4 is 10.1 Å². The summed E-state index contributed by atoms with van der Waals surface area (Å²) in [7, 11) is -3.36. The van der Waals surface area contributed by atoms with Gasteiger partial charge in [0.1, 0.15) is 5.75 Å². The summed E-state index contributed by atoms with van der Waals surface area (Å²) in [6.07, 6.45) is 2.78. The van der Waals surface area contributed by atoms with Crippen LogP contribution in [0.2, 0.25) is 0 Å². The number of hydrogen-bond acceptors (Lipinski definition) is 4. The van der Waals surface area contributed by atoms with Crippen LogP contribution in [0.5, 0.6) is 5.75 Å². The molecule has 1 N–H and O–H groups in total. The third-order valence-electron chi connectivity index (χ3n) is 3.82. The first kappa shape index (κ1) is 18.7. The third-order valence-corrected chi connectivity index (χ3v) is 5.69. The molecule has 1 aromatic carbocycles. The summed E-state index contributed by atoms with van der Waals surface area (Å²) in [6.45, 7) is 4.94. The second-order valence-corrected chi connectivity index (χ2v) is 8.33. The van der Waals surface area contributed by atoms with Crippen LogP contribution in [-0.2, 0) is 14.8 Å². The lowest BCUT2D eigenvalue weighted by atomic mass is 10.2. The molecule has 0 atom stereocenters. The molecule has 1 fully saturated rings. The van der Waals surface area contributed by atoms with Crippen molar-refractivity contribution in [3.8, 4) is 5.75 Å². The van der Waals surface area contributed by atoms with E-state index < -0.39 is 10.0 Å². The van der Waals surface area contributed by atoms with Crippen LogP contribution in [0.25, 0.3) is 0 Å². The number of rotatable bonds is 7. The fraction of sp³-hybridized carbons (Fsp3) is 0.588. The van der Waals surface area contributed by atoms with Gasteiger partial charge < -0.3 is 10.1 Å². The minimum atomic E-state index is -3.36. The van der Waals surface area contributed by atoms with E-state index in [4.69, 9.17) is 4.74 Å². The minimum absolute atomic E-state index is 0.0115. The molecule has 1 amide bonds. The molecule has 24 heavy (non-hydrogen) atoms. The quantitative estimate of drug-likeness (QED) is 0.817. The van der Waals surface area contributed by atoms with E-state index in [1.165, 1.54) is 4.31 Å². The molecule has 0 bridgehead atoms. The molecule has 7 heteroatoms. The maximum Gasteiger partial charge on any atom is 0.225 e. The molecule has 1 aromatic rings.